The Morgan fingerprint density at radius 1 is 1.04 bits per heavy atom. The predicted octanol–water partition coefficient (Wildman–Crippen LogP) is 2.61. The van der Waals surface area contributed by atoms with Crippen LogP contribution in [0.1, 0.15) is 85.9 Å². The van der Waals surface area contributed by atoms with Crippen LogP contribution in [-0.4, -0.2) is 87.3 Å². The number of alkyl halides is 1. The fraction of sp³-hybridized carbons (Fsp3) is 0.459. The number of fused-ring (bicyclic) bond motifs is 2. The summed E-state index contributed by atoms with van der Waals surface area (Å²) in [6.07, 6.45) is 12.3. The number of carbonyl (C=O) groups is 4. The monoisotopic (exact) mass is 739 g/mol. The number of aryl methyl sites for hydroxylation is 2. The number of para-hydroxylation sites is 1. The molecule has 0 radical (unpaired) electrons. The van der Waals surface area contributed by atoms with Crippen LogP contribution >= 0.6 is 0 Å². The van der Waals surface area contributed by atoms with Crippen molar-refractivity contribution in [2.75, 3.05) is 18.8 Å². The predicted molar refractivity (Wildman–Crippen MR) is 195 cm³/mol. The summed E-state index contributed by atoms with van der Waals surface area (Å²) < 4.78 is 19.6. The third-order valence-electron chi connectivity index (χ3n) is 10.9. The molecule has 1 unspecified atom stereocenters. The number of imide groups is 1. The molecule has 4 N–H and O–H groups in total. The van der Waals surface area contributed by atoms with Gasteiger partial charge in [-0.3, -0.25) is 38.3 Å². The molecule has 6 heterocycles. The van der Waals surface area contributed by atoms with Gasteiger partial charge >= 0.3 is 5.69 Å². The molecule has 3 atom stereocenters. The van der Waals surface area contributed by atoms with Crippen LogP contribution in [0.3, 0.4) is 0 Å². The number of piperidine rings is 1. The molecule has 5 aromatic rings. The first-order chi connectivity index (χ1) is 26.1. The van der Waals surface area contributed by atoms with Gasteiger partial charge in [-0.15, -0.1) is 0 Å². The highest BCUT2D eigenvalue weighted by Gasteiger charge is 2.39. The summed E-state index contributed by atoms with van der Waals surface area (Å²) >= 11 is 0. The van der Waals surface area contributed by atoms with Gasteiger partial charge in [0.15, 0.2) is 11.3 Å². The van der Waals surface area contributed by atoms with E-state index in [2.05, 4.69) is 25.8 Å². The average molecular weight is 740 g/mol. The number of anilines is 1. The summed E-state index contributed by atoms with van der Waals surface area (Å²) in [5, 5.41) is 13.9. The minimum Gasteiger partial charge on any atom is -0.395 e. The molecule has 2 aliphatic heterocycles. The molecule has 8 rings (SSSR count). The van der Waals surface area contributed by atoms with Crippen molar-refractivity contribution in [3.8, 4) is 11.1 Å². The maximum Gasteiger partial charge on any atom is 0.329 e. The molecule has 282 valence electrons. The van der Waals surface area contributed by atoms with E-state index in [1.807, 2.05) is 34.0 Å². The van der Waals surface area contributed by atoms with Crippen LogP contribution in [0, 0.1) is 0 Å². The molecule has 4 aromatic heterocycles. The van der Waals surface area contributed by atoms with E-state index >= 15 is 0 Å². The first-order valence-electron chi connectivity index (χ1n) is 18.5. The number of nitrogens with two attached hydrogens (primary N) is 1. The lowest BCUT2D eigenvalue weighted by Crippen LogP contribution is -2.50. The molecule has 4 amide bonds. The van der Waals surface area contributed by atoms with Gasteiger partial charge in [0.2, 0.25) is 17.7 Å². The fourth-order valence-electron chi connectivity index (χ4n) is 7.63. The smallest absolute Gasteiger partial charge is 0.329 e. The zero-order valence-electron chi connectivity index (χ0n) is 29.9. The van der Waals surface area contributed by atoms with E-state index in [0.717, 1.165) is 55.2 Å². The van der Waals surface area contributed by atoms with Gasteiger partial charge in [-0.05, 0) is 37.3 Å². The highest BCUT2D eigenvalue weighted by Crippen LogP contribution is 2.31. The Morgan fingerprint density at radius 3 is 2.59 bits per heavy atom. The second-order valence-corrected chi connectivity index (χ2v) is 14.6. The van der Waals surface area contributed by atoms with Crippen LogP contribution in [0.25, 0.3) is 27.8 Å². The lowest BCUT2D eigenvalue weighted by molar-refractivity contribution is -0.137. The number of carbonyl (C=O) groups excluding carboxylic acids is 4. The zero-order valence-corrected chi connectivity index (χ0v) is 29.9. The number of imidazole rings is 2. The number of nitrogens with one attached hydrogen (secondary N) is 2. The standard InChI is InChI=1S/C37H42FN11O5/c1-45-33-21(9-7-10-27(33)48(37(45)54)28-12-13-30(50)44-35(28)52)8-5-3-2-4-6-11-31(51)46-19-23(20-46)47-18-22(15-41-47)24-16-42-49-29(17-40-34(49)32(24)39)36(53)43-26-14-25(26)38/h7,9-10,15-18,23,25-26,28H,2-6,8,11-14,19-20,39H2,1H3,(H,43,53)(H,44,50,52)/t25-,26+,28?/m0/s1. The van der Waals surface area contributed by atoms with Crippen LogP contribution in [0.5, 0.6) is 0 Å². The quantitative estimate of drug-likeness (QED) is 0.120. The Morgan fingerprint density at radius 2 is 1.81 bits per heavy atom. The molecular formula is C37H42FN11O5. The van der Waals surface area contributed by atoms with Crippen molar-refractivity contribution >= 4 is 46.0 Å². The van der Waals surface area contributed by atoms with Crippen LogP contribution in [-0.2, 0) is 27.9 Å². The number of amides is 4. The molecule has 16 nitrogen and oxygen atoms in total. The van der Waals surface area contributed by atoms with Gasteiger partial charge < -0.3 is 16.0 Å². The molecule has 54 heavy (non-hydrogen) atoms. The third-order valence-corrected chi connectivity index (χ3v) is 10.9. The molecule has 1 aromatic carbocycles. The molecule has 1 aliphatic carbocycles. The molecule has 17 heteroatoms. The van der Waals surface area contributed by atoms with E-state index in [4.69, 9.17) is 5.73 Å². The van der Waals surface area contributed by atoms with Crippen LogP contribution in [0.2, 0.25) is 0 Å². The largest absolute Gasteiger partial charge is 0.395 e. The molecule has 0 bridgehead atoms. The van der Waals surface area contributed by atoms with Gasteiger partial charge in [0.1, 0.15) is 12.2 Å². The molecule has 1 saturated carbocycles. The number of nitrogen functional groups attached to an aromatic ring is 1. The highest BCUT2D eigenvalue weighted by molar-refractivity contribution is 6.00. The van der Waals surface area contributed by atoms with Gasteiger partial charge in [-0.25, -0.2) is 18.7 Å². The fourth-order valence-corrected chi connectivity index (χ4v) is 7.63. The summed E-state index contributed by atoms with van der Waals surface area (Å²) in [7, 11) is 1.72. The summed E-state index contributed by atoms with van der Waals surface area (Å²) in [6.45, 7) is 1.15. The van der Waals surface area contributed by atoms with Gasteiger partial charge in [-0.2, -0.15) is 10.2 Å². The number of nitrogens with zero attached hydrogens (tertiary/aromatic N) is 8. The van der Waals surface area contributed by atoms with Crippen LogP contribution in [0.15, 0.2) is 47.8 Å². The number of hydrogen-bond donors (Lipinski definition) is 3. The Kier molecular flexibility index (Phi) is 9.23. The maximum atomic E-state index is 13.3. The summed E-state index contributed by atoms with van der Waals surface area (Å²) in [6, 6.07) is 4.65. The number of halogens is 1. The minimum absolute atomic E-state index is 0.0500. The molecule has 0 spiro atoms. The van der Waals surface area contributed by atoms with E-state index in [9.17, 15) is 28.4 Å². The highest BCUT2D eigenvalue weighted by atomic mass is 19.1. The number of unbranched alkanes of at least 4 members (excludes halogenated alkanes) is 4. The van der Waals surface area contributed by atoms with Crippen LogP contribution < -0.4 is 22.1 Å². The number of aromatic nitrogens is 7. The van der Waals surface area contributed by atoms with Gasteiger partial charge in [0.05, 0.1) is 47.4 Å². The Labute approximate surface area is 308 Å². The summed E-state index contributed by atoms with van der Waals surface area (Å²) in [4.78, 5) is 68.9. The second-order valence-electron chi connectivity index (χ2n) is 14.6. The molecule has 3 fully saturated rings. The van der Waals surface area contributed by atoms with E-state index in [0.29, 0.717) is 54.8 Å². The first-order valence-corrected chi connectivity index (χ1v) is 18.5. The zero-order chi connectivity index (χ0) is 37.7. The van der Waals surface area contributed by atoms with Crippen molar-refractivity contribution in [1.82, 2.24) is 49.0 Å². The van der Waals surface area contributed by atoms with Crippen molar-refractivity contribution < 1.29 is 23.6 Å². The Bertz CT molecular complexity index is 2350. The topological polar surface area (TPSA) is 197 Å². The average Bonchev–Trinajstić information content (AvgIpc) is 3.45. The van der Waals surface area contributed by atoms with Gasteiger partial charge in [0.25, 0.3) is 5.91 Å². The van der Waals surface area contributed by atoms with Gasteiger partial charge in [0, 0.05) is 56.7 Å². The van der Waals surface area contributed by atoms with E-state index in [-0.39, 0.29) is 35.7 Å². The van der Waals surface area contributed by atoms with Crippen molar-refractivity contribution in [3.05, 3.63) is 64.7 Å². The van der Waals surface area contributed by atoms with Crippen molar-refractivity contribution in [2.24, 2.45) is 7.05 Å². The lowest BCUT2D eigenvalue weighted by atomic mass is 10.0. The second kappa shape index (κ2) is 14.2. The Hall–Kier alpha value is -5.87. The Balaban J connectivity index is 0.776. The molecule has 2 saturated heterocycles. The number of benzene rings is 1. The van der Waals surface area contributed by atoms with Crippen molar-refractivity contribution in [1.29, 1.82) is 0 Å². The SMILES string of the molecule is Cn1c(=O)n(C2CCC(=O)NC2=O)c2cccc(CCCCCCCC(=O)N3CC(n4cc(-c5cnn6c(C(=O)N[C@@H]7C[C@@H]7F)cnc6c5N)cn4)C3)c21. The van der Waals surface area contributed by atoms with Crippen molar-refractivity contribution in [2.45, 2.75) is 88.5 Å². The van der Waals surface area contributed by atoms with E-state index in [1.165, 1.54) is 15.3 Å². The summed E-state index contributed by atoms with van der Waals surface area (Å²) in [5.41, 5.74) is 10.9. The van der Waals surface area contributed by atoms with Crippen molar-refractivity contribution in [3.63, 3.8) is 0 Å². The molecule has 3 aliphatic rings. The maximum absolute atomic E-state index is 13.3. The van der Waals surface area contributed by atoms with E-state index < -0.39 is 30.1 Å². The number of likely N-dealkylation sites (tertiary alicyclic amines) is 1. The summed E-state index contributed by atoms with van der Waals surface area (Å²) in [5.74, 6) is -1.08. The van der Waals surface area contributed by atoms with E-state index in [1.54, 1.807) is 24.0 Å². The van der Waals surface area contributed by atoms with Crippen LogP contribution in [0.4, 0.5) is 10.1 Å². The lowest BCUT2D eigenvalue weighted by Gasteiger charge is -2.39. The number of rotatable bonds is 13. The normalized spacial score (nSPS) is 20.0. The number of hydrogen-bond acceptors (Lipinski definition) is 9. The van der Waals surface area contributed by atoms with Gasteiger partial charge in [-0.1, -0.05) is 31.4 Å². The third kappa shape index (κ3) is 6.51. The molecular weight excluding hydrogens is 697 g/mol. The minimum atomic E-state index is -1.02. The first kappa shape index (κ1) is 35.2.